The quantitative estimate of drug-likeness (QED) is 0.599. The molecule has 1 saturated carbocycles. The van der Waals surface area contributed by atoms with Crippen LogP contribution < -0.4 is 9.57 Å². The van der Waals surface area contributed by atoms with E-state index in [2.05, 4.69) is 19.1 Å². The molecule has 2 nitrogen and oxygen atoms in total. The van der Waals surface area contributed by atoms with Crippen LogP contribution in [0.1, 0.15) is 30.0 Å². The molecule has 0 aliphatic heterocycles. The van der Waals surface area contributed by atoms with Gasteiger partial charge in [-0.25, -0.2) is 0 Å². The fourth-order valence-electron chi connectivity index (χ4n) is 1.46. The molecular weight excluding hydrogens is 150 g/mol. The molecule has 12 heavy (non-hydrogen) atoms. The van der Waals surface area contributed by atoms with Gasteiger partial charge in [0.2, 0.25) is 11.9 Å². The second kappa shape index (κ2) is 2.77. The van der Waals surface area contributed by atoms with Crippen molar-refractivity contribution < 1.29 is 9.57 Å². The van der Waals surface area contributed by atoms with Crippen molar-refractivity contribution in [1.82, 2.24) is 0 Å². The first-order chi connectivity index (χ1) is 5.81. The van der Waals surface area contributed by atoms with Crippen LogP contribution in [0.15, 0.2) is 18.3 Å². The minimum Gasteiger partial charge on any atom is -0.274 e. The van der Waals surface area contributed by atoms with E-state index in [1.807, 2.05) is 10.9 Å². The van der Waals surface area contributed by atoms with Crippen molar-refractivity contribution >= 4 is 0 Å². The summed E-state index contributed by atoms with van der Waals surface area (Å²) in [5.41, 5.74) is 2.63. The molecule has 0 aromatic carbocycles. The summed E-state index contributed by atoms with van der Waals surface area (Å²) in [4.78, 5) is 5.22. The third-order valence-corrected chi connectivity index (χ3v) is 2.30. The second-order valence-electron chi connectivity index (χ2n) is 3.41. The molecule has 0 unspecified atom stereocenters. The normalized spacial score (nSPS) is 16.2. The molecule has 64 valence electrons. The van der Waals surface area contributed by atoms with Gasteiger partial charge >= 0.3 is 0 Å². The molecule has 1 aromatic rings. The molecule has 1 aliphatic carbocycles. The lowest BCUT2D eigenvalue weighted by Gasteiger charge is -1.98. The van der Waals surface area contributed by atoms with Gasteiger partial charge in [-0.3, -0.25) is 4.84 Å². The summed E-state index contributed by atoms with van der Waals surface area (Å²) in [7, 11) is 1.71. The topological polar surface area (TPSA) is 13.1 Å². The van der Waals surface area contributed by atoms with Crippen LogP contribution in [0.3, 0.4) is 0 Å². The van der Waals surface area contributed by atoms with Crippen LogP contribution in [0.5, 0.6) is 0 Å². The van der Waals surface area contributed by atoms with E-state index in [4.69, 9.17) is 4.84 Å². The van der Waals surface area contributed by atoms with Crippen molar-refractivity contribution in [2.75, 3.05) is 7.11 Å². The average molecular weight is 164 g/mol. The zero-order chi connectivity index (χ0) is 8.55. The van der Waals surface area contributed by atoms with Gasteiger partial charge in [-0.15, -0.1) is 0 Å². The summed E-state index contributed by atoms with van der Waals surface area (Å²) in [6, 6.07) is 4.27. The summed E-state index contributed by atoms with van der Waals surface area (Å²) >= 11 is 0. The van der Waals surface area contributed by atoms with Crippen LogP contribution in [-0.4, -0.2) is 7.11 Å². The van der Waals surface area contributed by atoms with Crippen molar-refractivity contribution in [3.8, 4) is 0 Å². The van der Waals surface area contributed by atoms with Crippen molar-refractivity contribution in [1.29, 1.82) is 0 Å². The van der Waals surface area contributed by atoms with E-state index in [0.717, 1.165) is 5.92 Å². The van der Waals surface area contributed by atoms with Crippen molar-refractivity contribution in [3.05, 3.63) is 29.6 Å². The largest absolute Gasteiger partial charge is 0.274 e. The predicted molar refractivity (Wildman–Crippen MR) is 45.9 cm³/mol. The monoisotopic (exact) mass is 164 g/mol. The Kier molecular flexibility index (Phi) is 1.75. The molecule has 0 N–H and O–H groups in total. The van der Waals surface area contributed by atoms with Gasteiger partial charge in [-0.2, -0.15) is 0 Å². The molecule has 0 spiro atoms. The van der Waals surface area contributed by atoms with Crippen LogP contribution in [-0.2, 0) is 0 Å². The van der Waals surface area contributed by atoms with Crippen LogP contribution in [0.4, 0.5) is 0 Å². The SMILES string of the molecule is CO[n+]1ccc(C)cc1C1CC1. The number of aromatic nitrogens is 1. The van der Waals surface area contributed by atoms with Crippen LogP contribution in [0.2, 0.25) is 0 Å². The minimum atomic E-state index is 0.741. The van der Waals surface area contributed by atoms with E-state index in [0.29, 0.717) is 0 Å². The summed E-state index contributed by atoms with van der Waals surface area (Å²) < 4.78 is 1.87. The molecular formula is C10H14NO+. The molecule has 0 amide bonds. The number of rotatable bonds is 2. The van der Waals surface area contributed by atoms with Gasteiger partial charge in [0.05, 0.1) is 0 Å². The molecule has 0 saturated heterocycles. The number of hydrogen-bond donors (Lipinski definition) is 0. The molecule has 2 rings (SSSR count). The highest BCUT2D eigenvalue weighted by Crippen LogP contribution is 2.38. The van der Waals surface area contributed by atoms with Gasteiger partial charge in [0, 0.05) is 22.8 Å². The van der Waals surface area contributed by atoms with E-state index in [9.17, 15) is 0 Å². The van der Waals surface area contributed by atoms with Crippen molar-refractivity contribution in [3.63, 3.8) is 0 Å². The van der Waals surface area contributed by atoms with Crippen LogP contribution in [0.25, 0.3) is 0 Å². The van der Waals surface area contributed by atoms with Crippen LogP contribution in [0, 0.1) is 6.92 Å². The molecule has 1 fully saturated rings. The van der Waals surface area contributed by atoms with E-state index >= 15 is 0 Å². The Morgan fingerprint density at radius 3 is 2.83 bits per heavy atom. The van der Waals surface area contributed by atoms with Gasteiger partial charge in [0.25, 0.3) is 0 Å². The van der Waals surface area contributed by atoms with Gasteiger partial charge < -0.3 is 0 Å². The number of nitrogens with zero attached hydrogens (tertiary/aromatic N) is 1. The Balaban J connectivity index is 2.39. The van der Waals surface area contributed by atoms with E-state index in [1.165, 1.54) is 24.1 Å². The average Bonchev–Trinajstić information content (AvgIpc) is 2.87. The zero-order valence-electron chi connectivity index (χ0n) is 7.58. The summed E-state index contributed by atoms with van der Waals surface area (Å²) in [6.45, 7) is 2.12. The smallest absolute Gasteiger partial charge is 0.237 e. The molecule has 0 radical (unpaired) electrons. The standard InChI is InChI=1S/C10H14NO/c1-8-5-6-11(12-2)10(7-8)9-3-4-9/h5-7,9H,3-4H2,1-2H3/q+1. The Hall–Kier alpha value is -1.05. The third kappa shape index (κ3) is 1.29. The maximum Gasteiger partial charge on any atom is 0.237 e. The van der Waals surface area contributed by atoms with Crippen LogP contribution >= 0.6 is 0 Å². The highest BCUT2D eigenvalue weighted by molar-refractivity contribution is 5.16. The van der Waals surface area contributed by atoms with Gasteiger partial charge in [0.15, 0.2) is 0 Å². The Bertz CT molecular complexity index is 292. The lowest BCUT2D eigenvalue weighted by molar-refractivity contribution is -0.890. The zero-order valence-corrected chi connectivity index (χ0v) is 7.58. The maximum absolute atomic E-state index is 5.22. The molecule has 0 atom stereocenters. The first kappa shape index (κ1) is 7.59. The fraction of sp³-hybridized carbons (Fsp3) is 0.500. The lowest BCUT2D eigenvalue weighted by Crippen LogP contribution is -2.43. The number of aryl methyl sites for hydroxylation is 1. The molecule has 1 aromatic heterocycles. The van der Waals surface area contributed by atoms with Crippen molar-refractivity contribution in [2.45, 2.75) is 25.7 Å². The first-order valence-electron chi connectivity index (χ1n) is 4.38. The minimum absolute atomic E-state index is 0.741. The van der Waals surface area contributed by atoms with Gasteiger partial charge in [0.1, 0.15) is 7.11 Å². The Labute approximate surface area is 72.7 Å². The maximum atomic E-state index is 5.22. The molecule has 1 aliphatic rings. The molecule has 2 heteroatoms. The number of pyridine rings is 1. The van der Waals surface area contributed by atoms with E-state index < -0.39 is 0 Å². The highest BCUT2D eigenvalue weighted by Gasteiger charge is 2.33. The molecule has 0 bridgehead atoms. The summed E-state index contributed by atoms with van der Waals surface area (Å²) in [5, 5.41) is 0. The Morgan fingerprint density at radius 2 is 2.25 bits per heavy atom. The Morgan fingerprint density at radius 1 is 1.50 bits per heavy atom. The molecule has 1 heterocycles. The predicted octanol–water partition coefficient (Wildman–Crippen LogP) is 1.22. The fourth-order valence-corrected chi connectivity index (χ4v) is 1.46. The third-order valence-electron chi connectivity index (χ3n) is 2.30. The summed E-state index contributed by atoms with van der Waals surface area (Å²) in [5.74, 6) is 0.741. The first-order valence-corrected chi connectivity index (χ1v) is 4.38. The van der Waals surface area contributed by atoms with E-state index in [-0.39, 0.29) is 0 Å². The van der Waals surface area contributed by atoms with E-state index in [1.54, 1.807) is 7.11 Å². The van der Waals surface area contributed by atoms with Crippen molar-refractivity contribution in [2.24, 2.45) is 0 Å². The van der Waals surface area contributed by atoms with Gasteiger partial charge in [-0.1, -0.05) is 0 Å². The second-order valence-corrected chi connectivity index (χ2v) is 3.41. The number of hydrogen-bond acceptors (Lipinski definition) is 1. The lowest BCUT2D eigenvalue weighted by atomic mass is 10.2. The summed E-state index contributed by atoms with van der Waals surface area (Å²) in [6.07, 6.45) is 4.61. The van der Waals surface area contributed by atoms with Gasteiger partial charge in [-0.05, 0) is 25.3 Å². The highest BCUT2D eigenvalue weighted by atomic mass is 16.6.